The number of amides is 1. The van der Waals surface area contributed by atoms with Crippen LogP contribution in [0.5, 0.6) is 0 Å². The van der Waals surface area contributed by atoms with Crippen molar-refractivity contribution in [3.05, 3.63) is 60.2 Å². The van der Waals surface area contributed by atoms with Crippen LogP contribution >= 0.6 is 23.1 Å². The van der Waals surface area contributed by atoms with E-state index in [1.165, 1.54) is 29.5 Å². The van der Waals surface area contributed by atoms with E-state index in [-0.39, 0.29) is 10.8 Å². The van der Waals surface area contributed by atoms with Crippen molar-refractivity contribution >= 4 is 49.8 Å². The van der Waals surface area contributed by atoms with Gasteiger partial charge in [-0.15, -0.1) is 10.2 Å². The zero-order valence-corrected chi connectivity index (χ0v) is 18.3. The van der Waals surface area contributed by atoms with Crippen LogP contribution in [0.25, 0.3) is 0 Å². The molecule has 0 spiro atoms. The summed E-state index contributed by atoms with van der Waals surface area (Å²) in [6, 6.07) is 14.3. The Bertz CT molecular complexity index is 1080. The molecule has 29 heavy (non-hydrogen) atoms. The number of carbonyl (C=O) groups is 1. The van der Waals surface area contributed by atoms with Crippen LogP contribution in [-0.4, -0.2) is 30.3 Å². The number of aromatic nitrogens is 2. The van der Waals surface area contributed by atoms with Gasteiger partial charge in [-0.2, -0.15) is 0 Å². The van der Waals surface area contributed by atoms with E-state index in [1.54, 1.807) is 48.2 Å². The summed E-state index contributed by atoms with van der Waals surface area (Å²) in [4.78, 5) is 12.7. The first-order chi connectivity index (χ1) is 13.8. The van der Waals surface area contributed by atoms with Crippen LogP contribution in [0.15, 0.2) is 63.8 Å². The lowest BCUT2D eigenvalue weighted by Crippen LogP contribution is -2.15. The number of carbonyl (C=O) groups excluding carboxylic acids is 1. The van der Waals surface area contributed by atoms with Gasteiger partial charge >= 0.3 is 0 Å². The Labute approximate surface area is 178 Å². The monoisotopic (exact) mass is 448 g/mol. The number of nitrogens with zero attached hydrogens (tertiary/aromatic N) is 2. The van der Waals surface area contributed by atoms with Crippen LogP contribution in [0.3, 0.4) is 0 Å². The molecule has 0 aliphatic rings. The predicted octanol–water partition coefficient (Wildman–Crippen LogP) is 4.34. The van der Waals surface area contributed by atoms with E-state index in [1.807, 2.05) is 0 Å². The van der Waals surface area contributed by atoms with Crippen LogP contribution in [0.4, 0.5) is 10.8 Å². The van der Waals surface area contributed by atoms with Gasteiger partial charge in [0.05, 0.1) is 4.90 Å². The van der Waals surface area contributed by atoms with Crippen molar-refractivity contribution in [2.75, 3.05) is 15.8 Å². The molecular formula is C19H20N4O3S3. The smallest absolute Gasteiger partial charge is 0.261 e. The summed E-state index contributed by atoms with van der Waals surface area (Å²) in [7, 11) is -3.73. The van der Waals surface area contributed by atoms with Crippen molar-refractivity contribution in [1.29, 1.82) is 0 Å². The van der Waals surface area contributed by atoms with Gasteiger partial charge in [-0.25, -0.2) is 8.42 Å². The standard InChI is InChI=1S/C19H20N4O3S3/c1-13(2)12-27-19-22-21-18(28-19)20-17(24)14-7-6-8-15(11-14)23-29(25,26)16-9-4-3-5-10-16/h3-11,13,23H,12H2,1-2H3,(H,20,21,24). The molecule has 152 valence electrons. The molecule has 0 saturated carbocycles. The maximum Gasteiger partial charge on any atom is 0.261 e. The summed E-state index contributed by atoms with van der Waals surface area (Å²) in [6.07, 6.45) is 0. The minimum atomic E-state index is -3.73. The van der Waals surface area contributed by atoms with Gasteiger partial charge in [-0.1, -0.05) is 61.2 Å². The first kappa shape index (κ1) is 21.3. The largest absolute Gasteiger partial charge is 0.296 e. The minimum absolute atomic E-state index is 0.148. The summed E-state index contributed by atoms with van der Waals surface area (Å²) in [5.74, 6) is 1.07. The highest BCUT2D eigenvalue weighted by molar-refractivity contribution is 8.01. The quantitative estimate of drug-likeness (QED) is 0.393. The van der Waals surface area contributed by atoms with Gasteiger partial charge in [-0.3, -0.25) is 14.8 Å². The molecule has 3 rings (SSSR count). The van der Waals surface area contributed by atoms with Crippen molar-refractivity contribution in [2.24, 2.45) is 5.92 Å². The molecule has 10 heteroatoms. The number of benzene rings is 2. The van der Waals surface area contributed by atoms with Crippen LogP contribution in [0, 0.1) is 5.92 Å². The first-order valence-electron chi connectivity index (χ1n) is 8.79. The molecule has 1 amide bonds. The van der Waals surface area contributed by atoms with E-state index in [4.69, 9.17) is 0 Å². The third-order valence-electron chi connectivity index (χ3n) is 3.60. The Balaban J connectivity index is 1.68. The molecule has 0 aliphatic heterocycles. The van der Waals surface area contributed by atoms with E-state index in [0.717, 1.165) is 10.1 Å². The van der Waals surface area contributed by atoms with Crippen molar-refractivity contribution in [3.63, 3.8) is 0 Å². The Morgan fingerprint density at radius 2 is 1.86 bits per heavy atom. The van der Waals surface area contributed by atoms with E-state index >= 15 is 0 Å². The number of hydrogen-bond acceptors (Lipinski definition) is 7. The lowest BCUT2D eigenvalue weighted by Gasteiger charge is -2.09. The van der Waals surface area contributed by atoms with Crippen molar-refractivity contribution in [1.82, 2.24) is 10.2 Å². The number of anilines is 2. The zero-order valence-electron chi connectivity index (χ0n) is 15.8. The van der Waals surface area contributed by atoms with Gasteiger partial charge in [0, 0.05) is 17.0 Å². The summed E-state index contributed by atoms with van der Waals surface area (Å²) >= 11 is 2.90. The van der Waals surface area contributed by atoms with Crippen LogP contribution < -0.4 is 10.0 Å². The maximum absolute atomic E-state index is 12.5. The third kappa shape index (κ3) is 6.02. The highest BCUT2D eigenvalue weighted by atomic mass is 32.2. The highest BCUT2D eigenvalue weighted by Gasteiger charge is 2.15. The van der Waals surface area contributed by atoms with E-state index < -0.39 is 10.0 Å². The lowest BCUT2D eigenvalue weighted by molar-refractivity contribution is 0.102. The summed E-state index contributed by atoms with van der Waals surface area (Å²) in [6.45, 7) is 4.24. The van der Waals surface area contributed by atoms with Crippen LogP contribution in [0.1, 0.15) is 24.2 Å². The summed E-state index contributed by atoms with van der Waals surface area (Å²) in [5.41, 5.74) is 0.608. The number of nitrogens with one attached hydrogen (secondary N) is 2. The number of rotatable bonds is 8. The average molecular weight is 449 g/mol. The third-order valence-corrected chi connectivity index (χ3v) is 7.39. The molecule has 3 aromatic rings. The molecule has 0 aliphatic carbocycles. The average Bonchev–Trinajstić information content (AvgIpc) is 3.14. The summed E-state index contributed by atoms with van der Waals surface area (Å²) in [5, 5.41) is 11.1. The second-order valence-electron chi connectivity index (χ2n) is 6.53. The zero-order chi connectivity index (χ0) is 20.9. The van der Waals surface area contributed by atoms with Crippen molar-refractivity contribution in [2.45, 2.75) is 23.1 Å². The Morgan fingerprint density at radius 3 is 2.59 bits per heavy atom. The minimum Gasteiger partial charge on any atom is -0.296 e. The fourth-order valence-electron chi connectivity index (χ4n) is 2.26. The van der Waals surface area contributed by atoms with Gasteiger partial charge in [0.25, 0.3) is 15.9 Å². The van der Waals surface area contributed by atoms with E-state index in [2.05, 4.69) is 34.1 Å². The SMILES string of the molecule is CC(C)CSc1nnc(NC(=O)c2cccc(NS(=O)(=O)c3ccccc3)c2)s1. The van der Waals surface area contributed by atoms with Gasteiger partial charge in [0.15, 0.2) is 4.34 Å². The predicted molar refractivity (Wildman–Crippen MR) is 117 cm³/mol. The molecule has 0 radical (unpaired) electrons. The molecule has 2 aromatic carbocycles. The topological polar surface area (TPSA) is 101 Å². The van der Waals surface area contributed by atoms with E-state index in [9.17, 15) is 13.2 Å². The van der Waals surface area contributed by atoms with Crippen molar-refractivity contribution < 1.29 is 13.2 Å². The lowest BCUT2D eigenvalue weighted by atomic mass is 10.2. The molecule has 1 heterocycles. The van der Waals surface area contributed by atoms with Crippen molar-refractivity contribution in [3.8, 4) is 0 Å². The number of sulfonamides is 1. The molecule has 0 atom stereocenters. The first-order valence-corrected chi connectivity index (χ1v) is 12.1. The fourth-order valence-corrected chi connectivity index (χ4v) is 5.06. The molecule has 1 aromatic heterocycles. The van der Waals surface area contributed by atoms with E-state index in [0.29, 0.717) is 22.3 Å². The molecule has 0 unspecified atom stereocenters. The molecule has 0 fully saturated rings. The number of hydrogen-bond donors (Lipinski definition) is 2. The van der Waals surface area contributed by atoms with Gasteiger partial charge in [0.1, 0.15) is 0 Å². The normalized spacial score (nSPS) is 11.4. The molecule has 7 nitrogen and oxygen atoms in total. The molecule has 0 bridgehead atoms. The fraction of sp³-hybridized carbons (Fsp3) is 0.211. The van der Waals surface area contributed by atoms with Crippen LogP contribution in [0.2, 0.25) is 0 Å². The Hall–Kier alpha value is -2.43. The molecule has 0 saturated heterocycles. The highest BCUT2D eigenvalue weighted by Crippen LogP contribution is 2.27. The second-order valence-corrected chi connectivity index (χ2v) is 10.5. The Kier molecular flexibility index (Phi) is 6.88. The maximum atomic E-state index is 12.5. The van der Waals surface area contributed by atoms with Gasteiger partial charge < -0.3 is 0 Å². The number of thioether (sulfide) groups is 1. The second kappa shape index (κ2) is 9.38. The Morgan fingerprint density at radius 1 is 1.10 bits per heavy atom. The molecule has 2 N–H and O–H groups in total. The molecular weight excluding hydrogens is 428 g/mol. The van der Waals surface area contributed by atoms with Crippen LogP contribution in [-0.2, 0) is 10.0 Å². The summed E-state index contributed by atoms with van der Waals surface area (Å²) < 4.78 is 28.2. The van der Waals surface area contributed by atoms with Gasteiger partial charge in [-0.05, 0) is 36.2 Å². The van der Waals surface area contributed by atoms with Gasteiger partial charge in [0.2, 0.25) is 5.13 Å².